The van der Waals surface area contributed by atoms with E-state index in [1.54, 1.807) is 6.26 Å². The predicted molar refractivity (Wildman–Crippen MR) is 21.8 cm³/mol. The maximum absolute atomic E-state index is 2.97. The van der Waals surface area contributed by atoms with Gasteiger partial charge >= 0.3 is 0 Å². The van der Waals surface area contributed by atoms with Crippen LogP contribution in [0.25, 0.3) is 0 Å². The molecule has 0 bridgehead atoms. The van der Waals surface area contributed by atoms with Crippen LogP contribution in [0.2, 0.25) is 0 Å². The van der Waals surface area contributed by atoms with E-state index in [9.17, 15) is 0 Å². The molecule has 0 fully saturated rings. The average molecular weight is 487 g/mol. The summed E-state index contributed by atoms with van der Waals surface area (Å²) in [4.78, 5) is 0. The Morgan fingerprint density at radius 1 is 1.25 bits per heavy atom. The zero-order valence-corrected chi connectivity index (χ0v) is 12.3. The van der Waals surface area contributed by atoms with Gasteiger partial charge in [-0.05, 0) is 12.6 Å². The summed E-state index contributed by atoms with van der Waals surface area (Å²) in [5.74, 6) is 0. The van der Waals surface area contributed by atoms with Crippen LogP contribution in [0.15, 0.2) is 0 Å². The molecule has 0 amide bonds. The van der Waals surface area contributed by atoms with Crippen molar-refractivity contribution in [3.8, 4) is 0 Å². The van der Waals surface area contributed by atoms with Gasteiger partial charge in [0, 0.05) is 59.6 Å². The molecule has 0 nitrogen and oxygen atoms in total. The van der Waals surface area contributed by atoms with Gasteiger partial charge < -0.3 is 0 Å². The molecular formula is CH5PaPbS+. The quantitative estimate of drug-likeness (QED) is 0.312. The molecule has 0 saturated heterocycles. The van der Waals surface area contributed by atoms with Crippen molar-refractivity contribution in [3.63, 3.8) is 0 Å². The Bertz CT molecular complexity index is 8.00. The van der Waals surface area contributed by atoms with Gasteiger partial charge in [0.1, 0.15) is 0 Å². The van der Waals surface area contributed by atoms with E-state index < -0.39 is 0 Å². The first kappa shape index (κ1) is 16.2. The van der Waals surface area contributed by atoms with Crippen LogP contribution in [0, 0.1) is 32.3 Å². The molecule has 0 atom stereocenters. The summed E-state index contributed by atoms with van der Waals surface area (Å²) in [6.07, 6.45) is 1.81. The first-order valence-corrected chi connectivity index (χ1v) is 1.50. The Labute approximate surface area is 77.2 Å². The van der Waals surface area contributed by atoms with E-state index in [2.05, 4.69) is 12.6 Å². The molecule has 0 aliphatic heterocycles. The molecule has 5 radical (unpaired) electrons. The standard InChI is InChI=1S/CH4S.Pa.Pb/c1-2;;/h2H,1H3;;/p+1. The van der Waals surface area contributed by atoms with Crippen molar-refractivity contribution in [2.24, 2.45) is 0 Å². The molecule has 0 rings (SSSR count). The summed E-state index contributed by atoms with van der Waals surface area (Å²) in [5, 5.41) is 0. The van der Waals surface area contributed by atoms with Crippen LogP contribution in [-0.2, 0) is 12.6 Å². The van der Waals surface area contributed by atoms with Gasteiger partial charge in [-0.25, -0.2) is 0 Å². The van der Waals surface area contributed by atoms with Gasteiger partial charge in [-0.2, -0.15) is 0 Å². The number of hydrogen-bond donors (Lipinski definition) is 0. The third-order valence-electron chi connectivity index (χ3n) is 0. The van der Waals surface area contributed by atoms with Crippen LogP contribution in [0.5, 0.6) is 0 Å². The van der Waals surface area contributed by atoms with Crippen LogP contribution in [0.1, 0.15) is 0 Å². The second-order valence-electron chi connectivity index (χ2n) is 0. The summed E-state index contributed by atoms with van der Waals surface area (Å²) in [6.45, 7) is 0. The van der Waals surface area contributed by atoms with E-state index in [-0.39, 0.29) is 59.6 Å². The Morgan fingerprint density at radius 3 is 1.25 bits per heavy atom. The summed E-state index contributed by atoms with van der Waals surface area (Å²) in [5.41, 5.74) is 0. The smallest absolute Gasteiger partial charge is 0.0456 e. The molecule has 21 valence electrons. The van der Waals surface area contributed by atoms with E-state index in [0.29, 0.717) is 0 Å². The molecule has 0 unspecified atom stereocenters. The van der Waals surface area contributed by atoms with Gasteiger partial charge in [0.25, 0.3) is 0 Å². The second kappa shape index (κ2) is 18.3. The topological polar surface area (TPSA) is 0 Å². The molecule has 0 aromatic carbocycles. The second-order valence-corrected chi connectivity index (χ2v) is 0. The minimum atomic E-state index is 0. The van der Waals surface area contributed by atoms with Crippen molar-refractivity contribution in [1.29, 1.82) is 0 Å². The van der Waals surface area contributed by atoms with E-state index in [1.807, 2.05) is 0 Å². The fourth-order valence-corrected chi connectivity index (χ4v) is 0. The molecule has 0 aliphatic rings. The first-order chi connectivity index (χ1) is 1.00. The van der Waals surface area contributed by atoms with Crippen molar-refractivity contribution in [2.75, 3.05) is 6.26 Å². The number of rotatable bonds is 0. The number of hydrogen-bond acceptors (Lipinski definition) is 0. The molecule has 0 aromatic heterocycles. The van der Waals surface area contributed by atoms with Crippen molar-refractivity contribution in [3.05, 3.63) is 0 Å². The zero-order chi connectivity index (χ0) is 2.00. The summed E-state index contributed by atoms with van der Waals surface area (Å²) >= 11 is 2.97. The van der Waals surface area contributed by atoms with E-state index in [4.69, 9.17) is 0 Å². The molecule has 0 spiro atoms. The summed E-state index contributed by atoms with van der Waals surface area (Å²) in [6, 6.07) is 0. The Hall–Kier alpha value is 2.36. The molecule has 0 heterocycles. The predicted octanol–water partition coefficient (Wildman–Crippen LogP) is -0.753. The van der Waals surface area contributed by atoms with Gasteiger partial charge in [-0.1, -0.05) is 0 Å². The van der Waals surface area contributed by atoms with E-state index >= 15 is 0 Å². The molecule has 0 aliphatic carbocycles. The van der Waals surface area contributed by atoms with E-state index in [1.165, 1.54) is 0 Å². The average Bonchev–Trinajstić information content (AvgIpc) is 1.00. The third kappa shape index (κ3) is 8.84. The first-order valence-electron chi connectivity index (χ1n) is 0.500. The Morgan fingerprint density at radius 2 is 1.25 bits per heavy atom. The minimum absolute atomic E-state index is 0. The maximum Gasteiger partial charge on any atom is 0.0929 e. The van der Waals surface area contributed by atoms with Crippen LogP contribution in [0.3, 0.4) is 0 Å². The normalized spacial score (nSPS) is 1.50. The van der Waals surface area contributed by atoms with Gasteiger partial charge in [0.05, 0.1) is 6.26 Å². The van der Waals surface area contributed by atoms with Gasteiger partial charge in [0.15, 0.2) is 0 Å². The Kier molecular flexibility index (Phi) is 74.0. The van der Waals surface area contributed by atoms with Gasteiger partial charge in [-0.15, -0.1) is 0 Å². The molecule has 0 aromatic rings. The monoisotopic (exact) mass is 488 g/mol. The minimum Gasteiger partial charge on any atom is -0.0456 e. The van der Waals surface area contributed by atoms with Crippen LogP contribution < -0.4 is 0 Å². The van der Waals surface area contributed by atoms with Gasteiger partial charge in [0.2, 0.25) is 0 Å². The molecule has 4 heavy (non-hydrogen) atoms. The fraction of sp³-hybridized carbons (Fsp3) is 1.00. The third-order valence-corrected chi connectivity index (χ3v) is 0. The van der Waals surface area contributed by atoms with E-state index in [0.717, 1.165) is 0 Å². The van der Waals surface area contributed by atoms with Crippen LogP contribution in [0.4, 0.5) is 0 Å². The van der Waals surface area contributed by atoms with Crippen LogP contribution in [-0.4, -0.2) is 33.6 Å². The van der Waals surface area contributed by atoms with Crippen molar-refractivity contribution in [1.82, 2.24) is 0 Å². The Balaban J connectivity index is -0.00000000500. The van der Waals surface area contributed by atoms with Crippen molar-refractivity contribution in [2.45, 2.75) is 0 Å². The fourth-order valence-electron chi connectivity index (χ4n) is 0. The summed E-state index contributed by atoms with van der Waals surface area (Å²) < 4.78 is 0. The summed E-state index contributed by atoms with van der Waals surface area (Å²) in [7, 11) is 0. The molecule has 0 saturated carbocycles. The largest absolute Gasteiger partial charge is 0.0929 e. The molecular weight excluding hydrogens is 482 g/mol. The van der Waals surface area contributed by atoms with Crippen molar-refractivity contribution < 1.29 is 32.3 Å². The molecule has 3 heteroatoms. The zero-order valence-electron chi connectivity index (χ0n) is 2.58. The van der Waals surface area contributed by atoms with Crippen molar-refractivity contribution >= 4 is 39.9 Å². The van der Waals surface area contributed by atoms with Gasteiger partial charge in [-0.3, -0.25) is 0 Å². The SMILES string of the molecule is C[SH2+].[Pa].[Pb]. The van der Waals surface area contributed by atoms with Crippen LogP contribution >= 0.6 is 0 Å². The molecule has 0 N–H and O–H groups in total. The maximum atomic E-state index is 2.97.